The van der Waals surface area contributed by atoms with E-state index in [1.165, 1.54) is 0 Å². The Balaban J connectivity index is 1.76. The molecule has 1 atom stereocenters. The summed E-state index contributed by atoms with van der Waals surface area (Å²) in [6, 6.07) is 5.18. The number of esters is 2. The minimum atomic E-state index is -0.556. The molecule has 6 heteroatoms. The van der Waals surface area contributed by atoms with E-state index in [0.29, 0.717) is 23.3 Å². The van der Waals surface area contributed by atoms with Crippen molar-refractivity contribution in [3.8, 4) is 5.75 Å². The Kier molecular flexibility index (Phi) is 4.52. The lowest BCUT2D eigenvalue weighted by molar-refractivity contribution is -0.147. The Bertz CT molecular complexity index is 601. The Morgan fingerprint density at radius 1 is 1.40 bits per heavy atom. The molecule has 2 heterocycles. The summed E-state index contributed by atoms with van der Waals surface area (Å²) >= 11 is 2.05. The predicted octanol–water partition coefficient (Wildman–Crippen LogP) is 3.31. The van der Waals surface area contributed by atoms with Gasteiger partial charge in [0.2, 0.25) is 0 Å². The van der Waals surface area contributed by atoms with Crippen molar-refractivity contribution in [2.24, 2.45) is 0 Å². The highest BCUT2D eigenvalue weighted by molar-refractivity contribution is 14.1. The van der Waals surface area contributed by atoms with E-state index in [9.17, 15) is 9.59 Å². The van der Waals surface area contributed by atoms with Gasteiger partial charge in [-0.2, -0.15) is 0 Å². The first-order valence-corrected chi connectivity index (χ1v) is 7.39. The molecule has 2 aromatic heterocycles. The summed E-state index contributed by atoms with van der Waals surface area (Å²) in [4.78, 5) is 23.3. The highest BCUT2D eigenvalue weighted by Crippen LogP contribution is 2.29. The van der Waals surface area contributed by atoms with Gasteiger partial charge in [-0.15, -0.1) is 0 Å². The van der Waals surface area contributed by atoms with Crippen molar-refractivity contribution in [2.45, 2.75) is 30.1 Å². The van der Waals surface area contributed by atoms with E-state index in [1.807, 2.05) is 29.5 Å². The van der Waals surface area contributed by atoms with Crippen LogP contribution in [0, 0.1) is 0 Å². The van der Waals surface area contributed by atoms with Crippen LogP contribution in [0.2, 0.25) is 0 Å². The Morgan fingerprint density at radius 3 is 2.70 bits per heavy atom. The lowest BCUT2D eigenvalue weighted by atomic mass is 10.1. The lowest BCUT2D eigenvalue weighted by Crippen LogP contribution is -2.30. The average Bonchev–Trinajstić information content (AvgIpc) is 3.00. The maximum Gasteiger partial charge on any atom is 0.321 e. The van der Waals surface area contributed by atoms with Gasteiger partial charge in [0.15, 0.2) is 11.3 Å². The number of fused-ring (bicyclic) bond motifs is 2. The van der Waals surface area contributed by atoms with Gasteiger partial charge in [0.25, 0.3) is 0 Å². The number of rotatable bonds is 6. The summed E-state index contributed by atoms with van der Waals surface area (Å²) in [5.74, 6) is -0.358. The van der Waals surface area contributed by atoms with Crippen molar-refractivity contribution in [1.82, 2.24) is 0 Å². The van der Waals surface area contributed by atoms with Crippen molar-refractivity contribution in [2.75, 3.05) is 6.61 Å². The van der Waals surface area contributed by atoms with Crippen LogP contribution in [0.1, 0.15) is 26.7 Å². The predicted molar refractivity (Wildman–Crippen MR) is 81.3 cm³/mol. The van der Waals surface area contributed by atoms with Gasteiger partial charge in [0, 0.05) is 6.07 Å². The SMILES string of the molecule is CCC(C)(I)C(=O)OCCC(=O)Oc1cc2ccc1o2. The zero-order chi connectivity index (χ0) is 14.8. The van der Waals surface area contributed by atoms with Gasteiger partial charge >= 0.3 is 11.9 Å². The number of hydrogen-bond donors (Lipinski definition) is 0. The van der Waals surface area contributed by atoms with Crippen LogP contribution in [-0.2, 0) is 14.3 Å². The zero-order valence-electron chi connectivity index (χ0n) is 11.3. The first-order chi connectivity index (χ1) is 9.42. The fraction of sp³-hybridized carbons (Fsp3) is 0.429. The van der Waals surface area contributed by atoms with E-state index in [2.05, 4.69) is 0 Å². The quantitative estimate of drug-likeness (QED) is 0.328. The molecule has 0 saturated heterocycles. The molecule has 20 heavy (non-hydrogen) atoms. The van der Waals surface area contributed by atoms with Crippen LogP contribution in [0.15, 0.2) is 22.6 Å². The van der Waals surface area contributed by atoms with Crippen molar-refractivity contribution in [1.29, 1.82) is 0 Å². The third-order valence-electron chi connectivity index (χ3n) is 3.00. The second-order valence-electron chi connectivity index (χ2n) is 4.62. The van der Waals surface area contributed by atoms with Crippen LogP contribution in [0.3, 0.4) is 0 Å². The summed E-state index contributed by atoms with van der Waals surface area (Å²) in [5.41, 5.74) is 1.20. The standard InChI is InChI=1S/C14H15IO5/c1-3-14(2,15)13(17)18-7-6-12(16)20-11-8-9-4-5-10(11)19-9/h4-5,8H,3,6-7H2,1-2H3. The van der Waals surface area contributed by atoms with E-state index in [-0.39, 0.29) is 19.0 Å². The normalized spacial score (nSPS) is 14.2. The molecule has 0 fully saturated rings. The summed E-state index contributed by atoms with van der Waals surface area (Å²) < 4.78 is 14.9. The zero-order valence-corrected chi connectivity index (χ0v) is 13.4. The third-order valence-corrected chi connectivity index (χ3v) is 4.20. The second-order valence-corrected chi connectivity index (χ2v) is 7.00. The maximum atomic E-state index is 11.7. The van der Waals surface area contributed by atoms with E-state index >= 15 is 0 Å². The molecular weight excluding hydrogens is 375 g/mol. The van der Waals surface area contributed by atoms with Crippen molar-refractivity contribution in [3.63, 3.8) is 0 Å². The number of ether oxygens (including phenoxy) is 2. The number of hydrogen-bond acceptors (Lipinski definition) is 5. The number of carbonyl (C=O) groups excluding carboxylic acids is 2. The smallest absolute Gasteiger partial charge is 0.321 e. The van der Waals surface area contributed by atoms with Crippen LogP contribution < -0.4 is 4.74 Å². The van der Waals surface area contributed by atoms with Gasteiger partial charge in [-0.3, -0.25) is 9.59 Å². The monoisotopic (exact) mass is 390 g/mol. The molecule has 0 amide bonds. The second kappa shape index (κ2) is 5.99. The molecule has 0 aliphatic carbocycles. The minimum absolute atomic E-state index is 0.0197. The van der Waals surface area contributed by atoms with Crippen molar-refractivity contribution < 1.29 is 23.5 Å². The van der Waals surface area contributed by atoms with Crippen molar-refractivity contribution in [3.05, 3.63) is 18.2 Å². The highest BCUT2D eigenvalue weighted by Gasteiger charge is 2.29. The number of carbonyl (C=O) groups is 2. The summed E-state index contributed by atoms with van der Waals surface area (Å²) in [6.45, 7) is 3.73. The molecule has 0 aromatic carbocycles. The molecule has 1 unspecified atom stereocenters. The van der Waals surface area contributed by atoms with Gasteiger partial charge in [-0.25, -0.2) is 0 Å². The molecule has 0 N–H and O–H groups in total. The van der Waals surface area contributed by atoms with E-state index in [4.69, 9.17) is 13.9 Å². The van der Waals surface area contributed by atoms with Crippen LogP contribution in [0.4, 0.5) is 0 Å². The first-order valence-electron chi connectivity index (χ1n) is 6.31. The molecule has 0 saturated carbocycles. The molecular formula is C14H15IO5. The first kappa shape index (κ1) is 15.1. The van der Waals surface area contributed by atoms with Gasteiger partial charge < -0.3 is 13.9 Å². The largest absolute Gasteiger partial charge is 0.464 e. The van der Waals surface area contributed by atoms with Gasteiger partial charge in [0.05, 0.1) is 6.42 Å². The number of halogens is 1. The summed E-state index contributed by atoms with van der Waals surface area (Å²) in [6.07, 6.45) is 0.691. The molecule has 2 aromatic rings. The summed E-state index contributed by atoms with van der Waals surface area (Å²) in [5, 5.41) is 0. The van der Waals surface area contributed by atoms with Crippen LogP contribution in [0.5, 0.6) is 5.75 Å². The molecule has 2 rings (SSSR count). The number of benzene rings is 1. The molecule has 0 aliphatic rings. The summed E-state index contributed by atoms with van der Waals surface area (Å²) in [7, 11) is 0. The average molecular weight is 390 g/mol. The van der Waals surface area contributed by atoms with Gasteiger partial charge in [-0.1, -0.05) is 29.5 Å². The maximum absolute atomic E-state index is 11.7. The minimum Gasteiger partial charge on any atom is -0.464 e. The van der Waals surface area contributed by atoms with Crippen LogP contribution >= 0.6 is 22.6 Å². The molecule has 108 valence electrons. The Labute approximate surface area is 130 Å². The lowest BCUT2D eigenvalue weighted by Gasteiger charge is -2.18. The topological polar surface area (TPSA) is 65.7 Å². The third kappa shape index (κ3) is 3.41. The van der Waals surface area contributed by atoms with Gasteiger partial charge in [-0.05, 0) is 25.5 Å². The molecule has 0 aliphatic heterocycles. The van der Waals surface area contributed by atoms with E-state index < -0.39 is 9.39 Å². The highest BCUT2D eigenvalue weighted by atomic mass is 127. The van der Waals surface area contributed by atoms with Gasteiger partial charge in [0.1, 0.15) is 15.6 Å². The molecule has 5 nitrogen and oxygen atoms in total. The molecule has 2 bridgehead atoms. The Hall–Kier alpha value is -1.31. The number of furan rings is 2. The van der Waals surface area contributed by atoms with E-state index in [0.717, 1.165) is 0 Å². The van der Waals surface area contributed by atoms with Crippen LogP contribution in [0.25, 0.3) is 11.2 Å². The van der Waals surface area contributed by atoms with Crippen LogP contribution in [-0.4, -0.2) is 22.0 Å². The number of alkyl halides is 1. The fourth-order valence-electron chi connectivity index (χ4n) is 1.54. The molecule has 0 radical (unpaired) electrons. The fourth-order valence-corrected chi connectivity index (χ4v) is 1.69. The molecule has 0 spiro atoms. The van der Waals surface area contributed by atoms with E-state index in [1.54, 1.807) is 25.1 Å². The Morgan fingerprint density at radius 2 is 2.15 bits per heavy atom. The van der Waals surface area contributed by atoms with Crippen molar-refractivity contribution >= 4 is 45.7 Å².